The molecule has 9 atom stereocenters. The molecule has 0 radical (unpaired) electrons. The molecule has 1 spiro atoms. The smallest absolute Gasteiger partial charge is 0.302 e. The van der Waals surface area contributed by atoms with Crippen LogP contribution in [0.1, 0.15) is 79.1 Å². The van der Waals surface area contributed by atoms with E-state index in [1.165, 1.54) is 19.8 Å². The minimum atomic E-state index is -0.147. The van der Waals surface area contributed by atoms with Crippen molar-refractivity contribution in [3.05, 3.63) is 0 Å². The Morgan fingerprint density at radius 2 is 1.63 bits per heavy atom. The highest BCUT2D eigenvalue weighted by Crippen LogP contribution is 2.75. The van der Waals surface area contributed by atoms with Crippen LogP contribution >= 0.6 is 0 Å². The van der Waals surface area contributed by atoms with E-state index in [0.717, 1.165) is 38.5 Å². The summed E-state index contributed by atoms with van der Waals surface area (Å²) in [5, 5.41) is 0. The van der Waals surface area contributed by atoms with Crippen LogP contribution in [0.15, 0.2) is 0 Å². The van der Waals surface area contributed by atoms with Gasteiger partial charge >= 0.3 is 5.97 Å². The molecule has 5 rings (SSSR count). The maximum Gasteiger partial charge on any atom is 0.302 e. The van der Waals surface area contributed by atoms with Gasteiger partial charge in [0.25, 0.3) is 0 Å². The van der Waals surface area contributed by atoms with Gasteiger partial charge in [-0.05, 0) is 86.9 Å². The van der Waals surface area contributed by atoms with Gasteiger partial charge < -0.3 is 9.47 Å². The second-order valence-electron chi connectivity index (χ2n) is 10.8. The number of ether oxygens (including phenoxy) is 2. The Hall–Kier alpha value is -0.900. The Labute approximate surface area is 162 Å². The molecule has 4 saturated carbocycles. The van der Waals surface area contributed by atoms with Crippen LogP contribution in [0.4, 0.5) is 0 Å². The monoisotopic (exact) mass is 374 g/mol. The minimum absolute atomic E-state index is 0.0384. The molecule has 0 aromatic carbocycles. The molecule has 4 aliphatic carbocycles. The summed E-state index contributed by atoms with van der Waals surface area (Å²) in [7, 11) is 0. The predicted molar refractivity (Wildman–Crippen MR) is 101 cm³/mol. The standard InChI is InChI=1S/C23H34O4/c1-13(24)17-5-6-18-22(17,4)10-8-19-21(3)9-7-16(26-14(2)25)11-15(21)12-20-23(18,19)27-20/h15-20H,5-12H2,1-4H3. The SMILES string of the molecule is CC(=O)OC1CCC2(C)C(C1)CC1OC13C2CCC1(C)C(C(C)=O)CCC13. The van der Waals surface area contributed by atoms with Crippen LogP contribution in [0.3, 0.4) is 0 Å². The van der Waals surface area contributed by atoms with Crippen LogP contribution in [-0.2, 0) is 19.1 Å². The lowest BCUT2D eigenvalue weighted by Gasteiger charge is -2.59. The Morgan fingerprint density at radius 3 is 2.33 bits per heavy atom. The van der Waals surface area contributed by atoms with Crippen molar-refractivity contribution in [3.8, 4) is 0 Å². The Bertz CT molecular complexity index is 688. The molecule has 0 aromatic rings. The largest absolute Gasteiger partial charge is 0.463 e. The zero-order valence-corrected chi connectivity index (χ0v) is 17.3. The highest BCUT2D eigenvalue weighted by Gasteiger charge is 2.78. The normalized spacial score (nSPS) is 55.6. The van der Waals surface area contributed by atoms with E-state index in [-0.39, 0.29) is 29.0 Å². The summed E-state index contributed by atoms with van der Waals surface area (Å²) in [6.45, 7) is 8.19. The van der Waals surface area contributed by atoms with Gasteiger partial charge in [-0.15, -0.1) is 0 Å². The first kappa shape index (κ1) is 18.1. The molecule has 27 heavy (non-hydrogen) atoms. The second kappa shape index (κ2) is 5.58. The summed E-state index contributed by atoms with van der Waals surface area (Å²) in [5.41, 5.74) is 0.464. The van der Waals surface area contributed by atoms with Gasteiger partial charge in [0, 0.05) is 12.8 Å². The van der Waals surface area contributed by atoms with Crippen LogP contribution in [0.5, 0.6) is 0 Å². The van der Waals surface area contributed by atoms with Crippen molar-refractivity contribution >= 4 is 11.8 Å². The van der Waals surface area contributed by atoms with Crippen molar-refractivity contribution in [3.63, 3.8) is 0 Å². The molecule has 1 aliphatic heterocycles. The van der Waals surface area contributed by atoms with Crippen molar-refractivity contribution in [2.24, 2.45) is 34.5 Å². The van der Waals surface area contributed by atoms with E-state index in [1.54, 1.807) is 6.92 Å². The molecule has 0 N–H and O–H groups in total. The quantitative estimate of drug-likeness (QED) is 0.534. The summed E-state index contributed by atoms with van der Waals surface area (Å²) in [6.07, 6.45) is 9.27. The minimum Gasteiger partial charge on any atom is -0.463 e. The number of ketones is 1. The number of esters is 1. The van der Waals surface area contributed by atoms with Crippen LogP contribution in [0.25, 0.3) is 0 Å². The lowest BCUT2D eigenvalue weighted by Crippen LogP contribution is -2.59. The van der Waals surface area contributed by atoms with Crippen molar-refractivity contribution in [2.75, 3.05) is 0 Å². The second-order valence-corrected chi connectivity index (χ2v) is 10.8. The fraction of sp³-hybridized carbons (Fsp3) is 0.913. The summed E-state index contributed by atoms with van der Waals surface area (Å²) in [5.74, 6) is 2.21. The number of hydrogen-bond donors (Lipinski definition) is 0. The summed E-state index contributed by atoms with van der Waals surface area (Å²) < 4.78 is 12.2. The lowest BCUT2D eigenvalue weighted by molar-refractivity contribution is -0.157. The zero-order chi connectivity index (χ0) is 19.2. The average molecular weight is 375 g/mol. The number of carbonyl (C=O) groups excluding carboxylic acids is 2. The van der Waals surface area contributed by atoms with E-state index < -0.39 is 0 Å². The van der Waals surface area contributed by atoms with E-state index in [9.17, 15) is 9.59 Å². The first-order valence-corrected chi connectivity index (χ1v) is 11.1. The van der Waals surface area contributed by atoms with Gasteiger partial charge in [-0.3, -0.25) is 9.59 Å². The molecule has 4 nitrogen and oxygen atoms in total. The summed E-state index contributed by atoms with van der Waals surface area (Å²) in [6, 6.07) is 0. The van der Waals surface area contributed by atoms with Crippen molar-refractivity contribution in [1.29, 1.82) is 0 Å². The van der Waals surface area contributed by atoms with Gasteiger partial charge in [-0.1, -0.05) is 13.8 Å². The number of epoxide rings is 1. The zero-order valence-electron chi connectivity index (χ0n) is 17.3. The highest BCUT2D eigenvalue weighted by atomic mass is 16.6. The fourth-order valence-corrected chi connectivity index (χ4v) is 8.62. The summed E-state index contributed by atoms with van der Waals surface area (Å²) in [4.78, 5) is 23.7. The first-order valence-electron chi connectivity index (χ1n) is 11.1. The molecule has 5 aliphatic rings. The summed E-state index contributed by atoms with van der Waals surface area (Å²) >= 11 is 0. The van der Waals surface area contributed by atoms with Crippen LogP contribution in [-0.4, -0.2) is 29.6 Å². The van der Waals surface area contributed by atoms with Crippen LogP contribution in [0.2, 0.25) is 0 Å². The number of hydrogen-bond acceptors (Lipinski definition) is 4. The van der Waals surface area contributed by atoms with Gasteiger partial charge in [-0.2, -0.15) is 0 Å². The third kappa shape index (κ3) is 2.25. The van der Waals surface area contributed by atoms with Gasteiger partial charge in [0.05, 0.1) is 6.10 Å². The molecule has 0 amide bonds. The van der Waals surface area contributed by atoms with E-state index in [4.69, 9.17) is 9.47 Å². The fourth-order valence-electron chi connectivity index (χ4n) is 8.62. The Balaban J connectivity index is 1.43. The molecule has 5 fully saturated rings. The molecule has 4 heteroatoms. The number of fused-ring (bicyclic) bond motifs is 3. The molecular formula is C23H34O4. The van der Waals surface area contributed by atoms with Crippen molar-refractivity contribution < 1.29 is 19.1 Å². The van der Waals surface area contributed by atoms with E-state index in [2.05, 4.69) is 13.8 Å². The van der Waals surface area contributed by atoms with Gasteiger partial charge in [-0.25, -0.2) is 0 Å². The molecule has 1 saturated heterocycles. The molecule has 1 heterocycles. The molecule has 150 valence electrons. The highest BCUT2D eigenvalue weighted by molar-refractivity contribution is 5.79. The molecule has 9 unspecified atom stereocenters. The van der Waals surface area contributed by atoms with Gasteiger partial charge in [0.2, 0.25) is 0 Å². The third-order valence-electron chi connectivity index (χ3n) is 9.79. The molecule has 0 aromatic heterocycles. The van der Waals surface area contributed by atoms with E-state index in [0.29, 0.717) is 35.1 Å². The van der Waals surface area contributed by atoms with Gasteiger partial charge in [0.1, 0.15) is 17.5 Å². The topological polar surface area (TPSA) is 55.9 Å². The predicted octanol–water partition coefficient (Wildman–Crippen LogP) is 4.30. The maximum absolute atomic E-state index is 12.3. The molecule has 0 bridgehead atoms. The van der Waals surface area contributed by atoms with E-state index >= 15 is 0 Å². The van der Waals surface area contributed by atoms with E-state index in [1.807, 2.05) is 0 Å². The average Bonchev–Trinajstić information content (AvgIpc) is 3.14. The Morgan fingerprint density at radius 1 is 0.926 bits per heavy atom. The van der Waals surface area contributed by atoms with Crippen molar-refractivity contribution in [1.82, 2.24) is 0 Å². The first-order chi connectivity index (χ1) is 12.7. The lowest BCUT2D eigenvalue weighted by atomic mass is 9.44. The number of Topliss-reactive ketones (excluding diaryl/α,β-unsaturated/α-hetero) is 1. The number of rotatable bonds is 2. The van der Waals surface area contributed by atoms with Crippen LogP contribution in [0, 0.1) is 34.5 Å². The van der Waals surface area contributed by atoms with Crippen LogP contribution < -0.4 is 0 Å². The van der Waals surface area contributed by atoms with Crippen molar-refractivity contribution in [2.45, 2.75) is 96.9 Å². The number of carbonyl (C=O) groups is 2. The molecular weight excluding hydrogens is 340 g/mol. The maximum atomic E-state index is 12.3. The van der Waals surface area contributed by atoms with Gasteiger partial charge in [0.15, 0.2) is 0 Å². The third-order valence-corrected chi connectivity index (χ3v) is 9.79. The Kier molecular flexibility index (Phi) is 3.75.